The van der Waals surface area contributed by atoms with Crippen molar-refractivity contribution in [1.29, 1.82) is 0 Å². The van der Waals surface area contributed by atoms with Gasteiger partial charge in [0, 0.05) is 34.8 Å². The van der Waals surface area contributed by atoms with Crippen LogP contribution < -0.4 is 5.73 Å². The van der Waals surface area contributed by atoms with Gasteiger partial charge in [-0.2, -0.15) is 0 Å². The van der Waals surface area contributed by atoms with Gasteiger partial charge in [0.1, 0.15) is 0 Å². The van der Waals surface area contributed by atoms with E-state index in [0.29, 0.717) is 5.56 Å². The Morgan fingerprint density at radius 3 is 3.05 bits per heavy atom. The van der Waals surface area contributed by atoms with E-state index in [1.165, 1.54) is 0 Å². The van der Waals surface area contributed by atoms with Crippen molar-refractivity contribution in [1.82, 2.24) is 14.5 Å². The molecule has 96 valence electrons. The molecule has 3 aromatic rings. The number of nitrogens with zero attached hydrogens (tertiary/aromatic N) is 2. The number of carbonyl (C=O) groups excluding carboxylic acids is 1. The van der Waals surface area contributed by atoms with Gasteiger partial charge in [-0.3, -0.25) is 4.79 Å². The van der Waals surface area contributed by atoms with Crippen molar-refractivity contribution >= 4 is 16.8 Å². The van der Waals surface area contributed by atoms with Crippen molar-refractivity contribution in [3.05, 3.63) is 42.5 Å². The van der Waals surface area contributed by atoms with Crippen LogP contribution in [0, 0.1) is 0 Å². The molecule has 5 nitrogen and oxygen atoms in total. The normalized spacial score (nSPS) is 11.0. The number of nitrogens with two attached hydrogens (primary N) is 1. The molecule has 0 radical (unpaired) electrons. The van der Waals surface area contributed by atoms with Crippen molar-refractivity contribution in [2.24, 2.45) is 5.73 Å². The maximum atomic E-state index is 11.3. The molecular weight excluding hydrogens is 240 g/mol. The number of aromatic nitrogens is 3. The molecule has 19 heavy (non-hydrogen) atoms. The summed E-state index contributed by atoms with van der Waals surface area (Å²) in [6.45, 7) is 2.91. The van der Waals surface area contributed by atoms with Crippen LogP contribution in [0.4, 0.5) is 0 Å². The molecule has 3 N–H and O–H groups in total. The van der Waals surface area contributed by atoms with E-state index < -0.39 is 5.91 Å². The van der Waals surface area contributed by atoms with Crippen molar-refractivity contribution in [2.45, 2.75) is 13.5 Å². The number of amides is 1. The molecule has 0 saturated carbocycles. The highest BCUT2D eigenvalue weighted by molar-refractivity contribution is 6.01. The topological polar surface area (TPSA) is 76.7 Å². The molecule has 0 aliphatic heterocycles. The third-order valence-corrected chi connectivity index (χ3v) is 3.30. The minimum absolute atomic E-state index is 0.418. The van der Waals surface area contributed by atoms with E-state index in [1.807, 2.05) is 24.5 Å². The van der Waals surface area contributed by atoms with Gasteiger partial charge < -0.3 is 15.3 Å². The Bertz CT molecular complexity index is 754. The maximum absolute atomic E-state index is 11.3. The summed E-state index contributed by atoms with van der Waals surface area (Å²) >= 11 is 0. The van der Waals surface area contributed by atoms with E-state index in [2.05, 4.69) is 21.5 Å². The molecule has 5 heteroatoms. The molecule has 1 aromatic carbocycles. The van der Waals surface area contributed by atoms with Crippen LogP contribution in [0.3, 0.4) is 0 Å². The number of H-pyrrole nitrogens is 1. The molecule has 0 saturated heterocycles. The number of primary amides is 1. The highest BCUT2D eigenvalue weighted by atomic mass is 16.1. The molecule has 1 amide bonds. The van der Waals surface area contributed by atoms with Crippen molar-refractivity contribution in [3.63, 3.8) is 0 Å². The Labute approximate surface area is 110 Å². The molecule has 0 spiro atoms. The van der Waals surface area contributed by atoms with Crippen LogP contribution in [-0.2, 0) is 6.54 Å². The summed E-state index contributed by atoms with van der Waals surface area (Å²) in [4.78, 5) is 18.7. The lowest BCUT2D eigenvalue weighted by molar-refractivity contribution is 0.100. The number of aryl methyl sites for hydroxylation is 1. The van der Waals surface area contributed by atoms with E-state index in [4.69, 9.17) is 5.73 Å². The van der Waals surface area contributed by atoms with E-state index in [1.54, 1.807) is 12.4 Å². The van der Waals surface area contributed by atoms with Crippen molar-refractivity contribution in [3.8, 4) is 11.3 Å². The first-order valence-corrected chi connectivity index (χ1v) is 6.12. The standard InChI is InChI=1S/C14H14N4O/c1-2-18-8-16-7-13(18)11-6-17-12-4-3-9(14(15)19)5-10(11)12/h3-8,17H,2H2,1H3,(H2,15,19). The van der Waals surface area contributed by atoms with Gasteiger partial charge in [0.25, 0.3) is 0 Å². The molecule has 3 rings (SSSR count). The summed E-state index contributed by atoms with van der Waals surface area (Å²) in [5, 5.41) is 0.978. The van der Waals surface area contributed by atoms with Crippen molar-refractivity contribution < 1.29 is 4.79 Å². The van der Waals surface area contributed by atoms with Gasteiger partial charge in [0.2, 0.25) is 5.91 Å². The SMILES string of the molecule is CCn1cncc1-c1c[nH]c2ccc(C(N)=O)cc12. The highest BCUT2D eigenvalue weighted by Gasteiger charge is 2.11. The second kappa shape index (κ2) is 4.28. The Morgan fingerprint density at radius 1 is 1.47 bits per heavy atom. The lowest BCUT2D eigenvalue weighted by Gasteiger charge is -2.04. The first kappa shape index (κ1) is 11.5. The molecule has 0 unspecified atom stereocenters. The van der Waals surface area contributed by atoms with Crippen LogP contribution in [0.25, 0.3) is 22.2 Å². The minimum Gasteiger partial charge on any atom is -0.366 e. The number of rotatable bonds is 3. The van der Waals surface area contributed by atoms with Crippen LogP contribution in [0.15, 0.2) is 36.9 Å². The van der Waals surface area contributed by atoms with Crippen LogP contribution in [0.2, 0.25) is 0 Å². The summed E-state index contributed by atoms with van der Waals surface area (Å²) in [6.07, 6.45) is 5.55. The van der Waals surface area contributed by atoms with Gasteiger partial charge in [-0.15, -0.1) is 0 Å². The number of fused-ring (bicyclic) bond motifs is 1. The molecule has 2 heterocycles. The molecular formula is C14H14N4O. The number of hydrogen-bond acceptors (Lipinski definition) is 2. The number of hydrogen-bond donors (Lipinski definition) is 2. The van der Waals surface area contributed by atoms with Gasteiger partial charge in [-0.25, -0.2) is 4.98 Å². The Hall–Kier alpha value is -2.56. The minimum atomic E-state index is -0.418. The predicted molar refractivity (Wildman–Crippen MR) is 73.7 cm³/mol. The van der Waals surface area contributed by atoms with Gasteiger partial charge in [0.15, 0.2) is 0 Å². The third kappa shape index (κ3) is 1.79. The summed E-state index contributed by atoms with van der Waals surface area (Å²) in [5.41, 5.74) is 8.87. The first-order chi connectivity index (χ1) is 9.20. The van der Waals surface area contributed by atoms with Gasteiger partial charge >= 0.3 is 0 Å². The Morgan fingerprint density at radius 2 is 2.32 bits per heavy atom. The van der Waals surface area contributed by atoms with Gasteiger partial charge in [-0.05, 0) is 25.1 Å². The fraction of sp³-hybridized carbons (Fsp3) is 0.143. The quantitative estimate of drug-likeness (QED) is 0.751. The van der Waals surface area contributed by atoms with Crippen LogP contribution in [0.5, 0.6) is 0 Å². The number of nitrogens with one attached hydrogen (secondary N) is 1. The Balaban J connectivity index is 2.24. The van der Waals surface area contributed by atoms with E-state index in [-0.39, 0.29) is 0 Å². The monoisotopic (exact) mass is 254 g/mol. The fourth-order valence-electron chi connectivity index (χ4n) is 2.28. The summed E-state index contributed by atoms with van der Waals surface area (Å²) in [7, 11) is 0. The average Bonchev–Trinajstić information content (AvgIpc) is 3.03. The van der Waals surface area contributed by atoms with Crippen LogP contribution in [0.1, 0.15) is 17.3 Å². The van der Waals surface area contributed by atoms with E-state index in [9.17, 15) is 4.79 Å². The van der Waals surface area contributed by atoms with Gasteiger partial charge in [-0.1, -0.05) is 0 Å². The van der Waals surface area contributed by atoms with Crippen LogP contribution >= 0.6 is 0 Å². The molecule has 0 aliphatic carbocycles. The molecule has 0 atom stereocenters. The number of aromatic amines is 1. The van der Waals surface area contributed by atoms with Crippen LogP contribution in [-0.4, -0.2) is 20.4 Å². The van der Waals surface area contributed by atoms with Crippen molar-refractivity contribution in [2.75, 3.05) is 0 Å². The maximum Gasteiger partial charge on any atom is 0.248 e. The molecule has 2 aromatic heterocycles. The zero-order valence-electron chi connectivity index (χ0n) is 10.6. The largest absolute Gasteiger partial charge is 0.366 e. The van der Waals surface area contributed by atoms with Gasteiger partial charge in [0.05, 0.1) is 18.2 Å². The zero-order chi connectivity index (χ0) is 13.4. The second-order valence-corrected chi connectivity index (χ2v) is 4.39. The second-order valence-electron chi connectivity index (χ2n) is 4.39. The zero-order valence-corrected chi connectivity index (χ0v) is 10.6. The fourth-order valence-corrected chi connectivity index (χ4v) is 2.28. The first-order valence-electron chi connectivity index (χ1n) is 6.12. The summed E-state index contributed by atoms with van der Waals surface area (Å²) < 4.78 is 2.06. The molecule has 0 bridgehead atoms. The number of benzene rings is 1. The van der Waals surface area contributed by atoms with E-state index >= 15 is 0 Å². The average molecular weight is 254 g/mol. The molecule has 0 fully saturated rings. The number of carbonyl (C=O) groups is 1. The lowest BCUT2D eigenvalue weighted by atomic mass is 10.1. The summed E-state index contributed by atoms with van der Waals surface area (Å²) in [6, 6.07) is 5.41. The molecule has 0 aliphatic rings. The predicted octanol–water partition coefficient (Wildman–Crippen LogP) is 2.15. The third-order valence-electron chi connectivity index (χ3n) is 3.30. The highest BCUT2D eigenvalue weighted by Crippen LogP contribution is 2.29. The summed E-state index contributed by atoms with van der Waals surface area (Å²) in [5.74, 6) is -0.418. The lowest BCUT2D eigenvalue weighted by Crippen LogP contribution is -2.10. The van der Waals surface area contributed by atoms with E-state index in [0.717, 1.165) is 28.7 Å². The smallest absolute Gasteiger partial charge is 0.248 e. The Kier molecular flexibility index (Phi) is 2.59. The number of imidazole rings is 1.